The number of aromatic nitrogens is 3. The Morgan fingerprint density at radius 1 is 1.56 bits per heavy atom. The number of fused-ring (bicyclic) bond motifs is 1. The van der Waals surface area contributed by atoms with E-state index >= 15 is 0 Å². The number of hydrogen-bond acceptors (Lipinski definition) is 2. The zero-order valence-electron chi connectivity index (χ0n) is 4.96. The third kappa shape index (κ3) is 0.650. The molecule has 0 radical (unpaired) electrons. The molecule has 3 nitrogen and oxygen atoms in total. The maximum absolute atomic E-state index is 3.90. The normalized spacial score (nSPS) is 15.6. The number of allylic oxidation sites excluding steroid dienone is 1. The fourth-order valence-electron chi connectivity index (χ4n) is 0.997. The number of aryl methyl sites for hydroxylation is 1. The minimum absolute atomic E-state index is 1.03. The van der Waals surface area contributed by atoms with Crippen LogP contribution in [0.25, 0.3) is 6.08 Å². The van der Waals surface area contributed by atoms with Crippen LogP contribution in [-0.4, -0.2) is 15.4 Å². The molecule has 46 valence electrons. The van der Waals surface area contributed by atoms with Gasteiger partial charge in [-0.05, 0) is 18.9 Å². The molecule has 0 aliphatic heterocycles. The highest BCUT2D eigenvalue weighted by molar-refractivity contribution is 5.48. The Bertz CT molecular complexity index is 236. The average molecular weight is 121 g/mol. The second kappa shape index (κ2) is 1.69. The third-order valence-corrected chi connectivity index (χ3v) is 1.48. The van der Waals surface area contributed by atoms with Crippen LogP contribution in [-0.2, 0) is 6.42 Å². The molecule has 0 aromatic carbocycles. The minimum Gasteiger partial charge on any atom is -0.258 e. The molecule has 0 unspecified atom stereocenters. The fraction of sp³-hybridized carbons (Fsp3) is 0.333. The van der Waals surface area contributed by atoms with Gasteiger partial charge in [0.05, 0.1) is 11.4 Å². The van der Waals surface area contributed by atoms with Crippen molar-refractivity contribution in [2.45, 2.75) is 12.8 Å². The predicted molar refractivity (Wildman–Crippen MR) is 33.7 cm³/mol. The van der Waals surface area contributed by atoms with E-state index in [2.05, 4.69) is 21.5 Å². The quantitative estimate of drug-likeness (QED) is 0.550. The molecule has 1 aliphatic carbocycles. The Labute approximate surface area is 52.8 Å². The van der Waals surface area contributed by atoms with Crippen LogP contribution in [0.2, 0.25) is 0 Å². The van der Waals surface area contributed by atoms with Crippen LogP contribution in [0.1, 0.15) is 17.8 Å². The lowest BCUT2D eigenvalue weighted by molar-refractivity contribution is 0.885. The summed E-state index contributed by atoms with van der Waals surface area (Å²) in [6.45, 7) is 0. The smallest absolute Gasteiger partial charge is 0.0901 e. The Morgan fingerprint density at radius 2 is 2.56 bits per heavy atom. The van der Waals surface area contributed by atoms with E-state index in [-0.39, 0.29) is 0 Å². The molecule has 1 aliphatic rings. The van der Waals surface area contributed by atoms with Gasteiger partial charge in [-0.25, -0.2) is 0 Å². The Balaban J connectivity index is 2.53. The monoisotopic (exact) mass is 121 g/mol. The lowest BCUT2D eigenvalue weighted by Gasteiger charge is -1.98. The molecule has 1 aromatic heterocycles. The van der Waals surface area contributed by atoms with E-state index in [1.54, 1.807) is 0 Å². The number of rotatable bonds is 0. The van der Waals surface area contributed by atoms with Crippen molar-refractivity contribution in [3.63, 3.8) is 0 Å². The molecule has 1 N–H and O–H groups in total. The lowest BCUT2D eigenvalue weighted by Crippen LogP contribution is -1.91. The molecule has 0 saturated carbocycles. The molecule has 9 heavy (non-hydrogen) atoms. The average Bonchev–Trinajstić information content (AvgIpc) is 2.33. The standard InChI is InChI=1S/C6H7N3/c1-2-4-6-5(3-1)7-9-8-6/h1,3H,2,4H2,(H,7,8,9). The van der Waals surface area contributed by atoms with Crippen molar-refractivity contribution in [2.24, 2.45) is 0 Å². The van der Waals surface area contributed by atoms with Crippen LogP contribution in [0.3, 0.4) is 0 Å². The van der Waals surface area contributed by atoms with Crippen LogP contribution in [0.15, 0.2) is 6.08 Å². The molecule has 0 amide bonds. The van der Waals surface area contributed by atoms with Gasteiger partial charge in [0, 0.05) is 0 Å². The lowest BCUT2D eigenvalue weighted by atomic mass is 10.1. The summed E-state index contributed by atoms with van der Waals surface area (Å²) in [5, 5.41) is 10.4. The van der Waals surface area contributed by atoms with Crippen molar-refractivity contribution in [2.75, 3.05) is 0 Å². The van der Waals surface area contributed by atoms with E-state index in [1.807, 2.05) is 6.08 Å². The van der Waals surface area contributed by atoms with Crippen LogP contribution >= 0.6 is 0 Å². The van der Waals surface area contributed by atoms with Gasteiger partial charge in [-0.15, -0.1) is 5.10 Å². The zero-order valence-corrected chi connectivity index (χ0v) is 4.96. The minimum atomic E-state index is 1.03. The van der Waals surface area contributed by atoms with Crippen LogP contribution in [0.4, 0.5) is 0 Å². The Hall–Kier alpha value is -1.12. The first kappa shape index (κ1) is 4.73. The summed E-state index contributed by atoms with van der Waals surface area (Å²) in [6.07, 6.45) is 6.28. The molecular formula is C6H7N3. The van der Waals surface area contributed by atoms with Gasteiger partial charge in [0.1, 0.15) is 0 Å². The van der Waals surface area contributed by atoms with Gasteiger partial charge in [0.25, 0.3) is 0 Å². The zero-order chi connectivity index (χ0) is 6.10. The third-order valence-electron chi connectivity index (χ3n) is 1.48. The van der Waals surface area contributed by atoms with Gasteiger partial charge in [0.15, 0.2) is 0 Å². The van der Waals surface area contributed by atoms with Gasteiger partial charge >= 0.3 is 0 Å². The Kier molecular flexibility index (Phi) is 0.886. The first-order chi connectivity index (χ1) is 4.47. The molecule has 0 spiro atoms. The molecular weight excluding hydrogens is 114 g/mol. The van der Waals surface area contributed by atoms with Crippen molar-refractivity contribution in [3.05, 3.63) is 17.5 Å². The maximum Gasteiger partial charge on any atom is 0.0901 e. The highest BCUT2D eigenvalue weighted by Crippen LogP contribution is 2.12. The number of nitrogens with zero attached hydrogens (tertiary/aromatic N) is 2. The van der Waals surface area contributed by atoms with Crippen molar-refractivity contribution in [1.29, 1.82) is 0 Å². The second-order valence-corrected chi connectivity index (χ2v) is 2.11. The highest BCUT2D eigenvalue weighted by atomic mass is 15.3. The van der Waals surface area contributed by atoms with Crippen molar-refractivity contribution >= 4 is 6.08 Å². The summed E-state index contributed by atoms with van der Waals surface area (Å²) < 4.78 is 0. The topological polar surface area (TPSA) is 41.6 Å². The molecule has 0 atom stereocenters. The summed E-state index contributed by atoms with van der Waals surface area (Å²) in [6, 6.07) is 0. The summed E-state index contributed by atoms with van der Waals surface area (Å²) in [7, 11) is 0. The van der Waals surface area contributed by atoms with Crippen molar-refractivity contribution in [1.82, 2.24) is 15.4 Å². The van der Waals surface area contributed by atoms with E-state index in [0.29, 0.717) is 0 Å². The SMILES string of the molecule is C1=Cc2[nH]nnc2CC1. The van der Waals surface area contributed by atoms with Crippen molar-refractivity contribution in [3.8, 4) is 0 Å². The molecule has 2 rings (SSSR count). The van der Waals surface area contributed by atoms with Gasteiger partial charge < -0.3 is 0 Å². The van der Waals surface area contributed by atoms with E-state index in [4.69, 9.17) is 0 Å². The Morgan fingerprint density at radius 3 is 3.44 bits per heavy atom. The van der Waals surface area contributed by atoms with E-state index < -0.39 is 0 Å². The first-order valence-electron chi connectivity index (χ1n) is 3.03. The summed E-state index contributed by atoms with van der Waals surface area (Å²) in [5.74, 6) is 0. The van der Waals surface area contributed by atoms with Crippen LogP contribution < -0.4 is 0 Å². The first-order valence-corrected chi connectivity index (χ1v) is 3.03. The van der Waals surface area contributed by atoms with Crippen LogP contribution in [0.5, 0.6) is 0 Å². The number of H-pyrrole nitrogens is 1. The van der Waals surface area contributed by atoms with Gasteiger partial charge in [-0.3, -0.25) is 5.10 Å². The number of hydrogen-bond donors (Lipinski definition) is 1. The highest BCUT2D eigenvalue weighted by Gasteiger charge is 2.05. The predicted octanol–water partition coefficient (Wildman–Crippen LogP) is 0.764. The van der Waals surface area contributed by atoms with Crippen LogP contribution in [0, 0.1) is 0 Å². The van der Waals surface area contributed by atoms with E-state index in [0.717, 1.165) is 24.2 Å². The molecule has 0 saturated heterocycles. The molecule has 1 heterocycles. The van der Waals surface area contributed by atoms with E-state index in [9.17, 15) is 0 Å². The van der Waals surface area contributed by atoms with Gasteiger partial charge in [-0.1, -0.05) is 11.3 Å². The fourth-order valence-corrected chi connectivity index (χ4v) is 0.997. The molecule has 3 heteroatoms. The molecule has 0 fully saturated rings. The molecule has 0 bridgehead atoms. The summed E-state index contributed by atoms with van der Waals surface area (Å²) in [5.41, 5.74) is 2.17. The van der Waals surface area contributed by atoms with Gasteiger partial charge in [-0.2, -0.15) is 0 Å². The van der Waals surface area contributed by atoms with E-state index in [1.165, 1.54) is 0 Å². The summed E-state index contributed by atoms with van der Waals surface area (Å²) >= 11 is 0. The number of nitrogens with one attached hydrogen (secondary N) is 1. The van der Waals surface area contributed by atoms with Gasteiger partial charge in [0.2, 0.25) is 0 Å². The number of aromatic amines is 1. The summed E-state index contributed by atoms with van der Waals surface area (Å²) in [4.78, 5) is 0. The largest absolute Gasteiger partial charge is 0.258 e. The maximum atomic E-state index is 3.90. The molecule has 1 aromatic rings. The van der Waals surface area contributed by atoms with Crippen molar-refractivity contribution < 1.29 is 0 Å². The second-order valence-electron chi connectivity index (χ2n) is 2.11.